The van der Waals surface area contributed by atoms with Gasteiger partial charge in [0.05, 0.1) is 12.3 Å². The monoisotopic (exact) mass is 383 g/mol. The molecule has 0 aliphatic carbocycles. The number of hydrogen-bond acceptors (Lipinski definition) is 7. The molecule has 0 unspecified atom stereocenters. The topological polar surface area (TPSA) is 102 Å². The molecule has 0 fully saturated rings. The van der Waals surface area contributed by atoms with Crippen molar-refractivity contribution in [2.75, 3.05) is 18.9 Å². The fourth-order valence-electron chi connectivity index (χ4n) is 2.52. The number of hydrogen-bond donors (Lipinski definition) is 2. The van der Waals surface area contributed by atoms with Gasteiger partial charge in [-0.15, -0.1) is 5.10 Å². The summed E-state index contributed by atoms with van der Waals surface area (Å²) in [6.45, 7) is 0.782. The number of rotatable bonds is 6. The molecule has 0 bridgehead atoms. The van der Waals surface area contributed by atoms with E-state index in [0.29, 0.717) is 29.9 Å². The van der Waals surface area contributed by atoms with Gasteiger partial charge in [0.1, 0.15) is 12.7 Å². The molecule has 1 amide bonds. The molecule has 2 N–H and O–H groups in total. The van der Waals surface area contributed by atoms with E-state index >= 15 is 0 Å². The Morgan fingerprint density at radius 2 is 2.04 bits per heavy atom. The molecule has 9 heteroatoms. The van der Waals surface area contributed by atoms with Gasteiger partial charge in [0.15, 0.2) is 17.3 Å². The van der Waals surface area contributed by atoms with Gasteiger partial charge in [-0.1, -0.05) is 23.9 Å². The summed E-state index contributed by atoms with van der Waals surface area (Å²) in [7, 11) is 0. The van der Waals surface area contributed by atoms with Crippen molar-refractivity contribution in [2.24, 2.45) is 0 Å². The third kappa shape index (κ3) is 4.37. The first-order valence-electron chi connectivity index (χ1n) is 8.39. The number of para-hydroxylation sites is 2. The van der Waals surface area contributed by atoms with Gasteiger partial charge in [-0.2, -0.15) is 0 Å². The molecule has 2 aromatic heterocycles. The number of amides is 1. The van der Waals surface area contributed by atoms with Crippen LogP contribution in [0.15, 0.2) is 53.9 Å². The Morgan fingerprint density at radius 3 is 2.89 bits per heavy atom. The van der Waals surface area contributed by atoms with E-state index in [0.717, 1.165) is 11.3 Å². The molecule has 3 heterocycles. The minimum absolute atomic E-state index is 0.113. The third-order valence-corrected chi connectivity index (χ3v) is 4.69. The molecule has 27 heavy (non-hydrogen) atoms. The van der Waals surface area contributed by atoms with Gasteiger partial charge in [-0.3, -0.25) is 14.9 Å². The summed E-state index contributed by atoms with van der Waals surface area (Å²) in [4.78, 5) is 20.4. The summed E-state index contributed by atoms with van der Waals surface area (Å²) in [5, 5.41) is 10.4. The second-order valence-corrected chi connectivity index (χ2v) is 6.74. The molecule has 1 aromatic carbocycles. The van der Waals surface area contributed by atoms with Crippen molar-refractivity contribution in [3.8, 4) is 22.9 Å². The van der Waals surface area contributed by atoms with Crippen LogP contribution in [0.3, 0.4) is 0 Å². The summed E-state index contributed by atoms with van der Waals surface area (Å²) < 4.78 is 11.4. The predicted molar refractivity (Wildman–Crippen MR) is 99.7 cm³/mol. The van der Waals surface area contributed by atoms with Crippen molar-refractivity contribution in [3.05, 3.63) is 48.8 Å². The standard InChI is InChI=1S/C18H17N5O3S/c24-16(20-9-13-10-25-14-3-1-2-4-15(14)26-13)11-27-18-21-17(22-23-18)12-5-7-19-8-6-12/h1-8,13H,9-11H2,(H,20,24)(H,21,22,23)/t13-/m1/s1. The zero-order valence-corrected chi connectivity index (χ0v) is 15.1. The number of ether oxygens (including phenoxy) is 2. The first kappa shape index (κ1) is 17.3. The highest BCUT2D eigenvalue weighted by Crippen LogP contribution is 2.30. The van der Waals surface area contributed by atoms with Crippen LogP contribution in [0.1, 0.15) is 0 Å². The van der Waals surface area contributed by atoms with Crippen LogP contribution in [0.4, 0.5) is 0 Å². The number of pyridine rings is 1. The smallest absolute Gasteiger partial charge is 0.230 e. The fraction of sp³-hybridized carbons (Fsp3) is 0.222. The molecule has 0 radical (unpaired) electrons. The number of aromatic amines is 1. The molecule has 4 rings (SSSR count). The first-order valence-corrected chi connectivity index (χ1v) is 9.37. The van der Waals surface area contributed by atoms with Gasteiger partial charge in [0, 0.05) is 18.0 Å². The highest BCUT2D eigenvalue weighted by molar-refractivity contribution is 7.99. The molecule has 1 aliphatic rings. The van der Waals surface area contributed by atoms with Gasteiger partial charge in [0.25, 0.3) is 0 Å². The number of H-pyrrole nitrogens is 1. The van der Waals surface area contributed by atoms with Crippen LogP contribution < -0.4 is 14.8 Å². The lowest BCUT2D eigenvalue weighted by Crippen LogP contribution is -2.41. The lowest BCUT2D eigenvalue weighted by atomic mass is 10.2. The highest BCUT2D eigenvalue weighted by Gasteiger charge is 2.21. The van der Waals surface area contributed by atoms with Crippen LogP contribution in [-0.4, -0.2) is 51.1 Å². The second kappa shape index (κ2) is 8.09. The van der Waals surface area contributed by atoms with Crippen LogP contribution in [0.2, 0.25) is 0 Å². The van der Waals surface area contributed by atoms with Gasteiger partial charge in [0.2, 0.25) is 11.1 Å². The lowest BCUT2D eigenvalue weighted by Gasteiger charge is -2.26. The van der Waals surface area contributed by atoms with Crippen LogP contribution in [0.25, 0.3) is 11.4 Å². The van der Waals surface area contributed by atoms with Crippen molar-refractivity contribution in [3.63, 3.8) is 0 Å². The van der Waals surface area contributed by atoms with Crippen molar-refractivity contribution in [1.82, 2.24) is 25.5 Å². The largest absolute Gasteiger partial charge is 0.486 e. The Balaban J connectivity index is 1.23. The molecule has 0 saturated heterocycles. The molecule has 0 spiro atoms. The summed E-state index contributed by atoms with van der Waals surface area (Å²) in [6.07, 6.45) is 3.16. The fourth-order valence-corrected chi connectivity index (χ4v) is 3.15. The number of nitrogens with zero attached hydrogens (tertiary/aromatic N) is 3. The third-order valence-electron chi connectivity index (χ3n) is 3.85. The average Bonchev–Trinajstić information content (AvgIpc) is 3.20. The number of carbonyl (C=O) groups is 1. The van der Waals surface area contributed by atoms with E-state index in [1.54, 1.807) is 12.4 Å². The first-order chi connectivity index (χ1) is 13.3. The van der Waals surface area contributed by atoms with E-state index in [9.17, 15) is 4.79 Å². The summed E-state index contributed by atoms with van der Waals surface area (Å²) in [5.41, 5.74) is 0.892. The van der Waals surface area contributed by atoms with Crippen LogP contribution in [0, 0.1) is 0 Å². The van der Waals surface area contributed by atoms with Gasteiger partial charge in [-0.05, 0) is 24.3 Å². The molecular weight excluding hydrogens is 366 g/mol. The Hall–Kier alpha value is -3.07. The maximum Gasteiger partial charge on any atom is 0.230 e. The summed E-state index contributed by atoms with van der Waals surface area (Å²) in [6, 6.07) is 11.2. The number of carbonyl (C=O) groups excluding carboxylic acids is 1. The quantitative estimate of drug-likeness (QED) is 0.627. The van der Waals surface area contributed by atoms with E-state index < -0.39 is 0 Å². The Bertz CT molecular complexity index is 918. The van der Waals surface area contributed by atoms with Crippen molar-refractivity contribution >= 4 is 17.7 Å². The average molecular weight is 383 g/mol. The molecule has 3 aromatic rings. The minimum Gasteiger partial charge on any atom is -0.486 e. The maximum atomic E-state index is 12.1. The van der Waals surface area contributed by atoms with Crippen LogP contribution in [0.5, 0.6) is 11.5 Å². The lowest BCUT2D eigenvalue weighted by molar-refractivity contribution is -0.119. The summed E-state index contributed by atoms with van der Waals surface area (Å²) in [5.74, 6) is 2.18. The Morgan fingerprint density at radius 1 is 1.22 bits per heavy atom. The van der Waals surface area contributed by atoms with Gasteiger partial charge in [-0.25, -0.2) is 4.98 Å². The Labute approximate surface area is 159 Å². The van der Waals surface area contributed by atoms with Crippen molar-refractivity contribution in [2.45, 2.75) is 11.3 Å². The van der Waals surface area contributed by atoms with E-state index in [-0.39, 0.29) is 17.8 Å². The molecule has 0 saturated carbocycles. The van der Waals surface area contributed by atoms with E-state index in [1.165, 1.54) is 11.8 Å². The van der Waals surface area contributed by atoms with E-state index in [2.05, 4.69) is 25.5 Å². The van der Waals surface area contributed by atoms with Crippen LogP contribution >= 0.6 is 11.8 Å². The second-order valence-electron chi connectivity index (χ2n) is 5.79. The Kier molecular flexibility index (Phi) is 5.20. The molecule has 1 aliphatic heterocycles. The molecule has 8 nitrogen and oxygen atoms in total. The molecule has 138 valence electrons. The normalized spacial score (nSPS) is 15.3. The van der Waals surface area contributed by atoms with Crippen molar-refractivity contribution in [1.29, 1.82) is 0 Å². The maximum absolute atomic E-state index is 12.1. The number of nitrogens with one attached hydrogen (secondary N) is 2. The number of aromatic nitrogens is 4. The van der Waals surface area contributed by atoms with Gasteiger partial charge >= 0.3 is 0 Å². The van der Waals surface area contributed by atoms with E-state index in [1.807, 2.05) is 36.4 Å². The molecule has 1 atom stereocenters. The predicted octanol–water partition coefficient (Wildman–Crippen LogP) is 1.91. The number of fused-ring (bicyclic) bond motifs is 1. The number of thioether (sulfide) groups is 1. The number of benzene rings is 1. The van der Waals surface area contributed by atoms with Crippen molar-refractivity contribution < 1.29 is 14.3 Å². The summed E-state index contributed by atoms with van der Waals surface area (Å²) >= 11 is 1.27. The molecular formula is C18H17N5O3S. The SMILES string of the molecule is O=C(CSc1n[nH]c(-c2ccncc2)n1)NC[C@@H]1COc2ccccc2O1. The zero-order valence-electron chi connectivity index (χ0n) is 14.3. The minimum atomic E-state index is -0.212. The zero-order chi connectivity index (χ0) is 18.5. The van der Waals surface area contributed by atoms with E-state index in [4.69, 9.17) is 9.47 Å². The van der Waals surface area contributed by atoms with Gasteiger partial charge < -0.3 is 14.8 Å². The van der Waals surface area contributed by atoms with Crippen LogP contribution in [-0.2, 0) is 4.79 Å². The highest BCUT2D eigenvalue weighted by atomic mass is 32.2.